The molecular formula is C17H33N3O. The first kappa shape index (κ1) is 16.8. The molecule has 0 bridgehead atoms. The molecule has 1 saturated carbocycles. The maximum atomic E-state index is 12.8. The summed E-state index contributed by atoms with van der Waals surface area (Å²) in [5.74, 6) is 0.787. The summed E-state index contributed by atoms with van der Waals surface area (Å²) < 4.78 is 0. The lowest BCUT2D eigenvalue weighted by Gasteiger charge is -2.50. The van der Waals surface area contributed by atoms with Crippen LogP contribution in [0.4, 0.5) is 0 Å². The molecule has 1 aliphatic heterocycles. The van der Waals surface area contributed by atoms with Crippen molar-refractivity contribution in [2.24, 2.45) is 5.92 Å². The fourth-order valence-corrected chi connectivity index (χ4v) is 3.70. The Labute approximate surface area is 130 Å². The maximum Gasteiger partial charge on any atom is 0.241 e. The predicted octanol–water partition coefficient (Wildman–Crippen LogP) is 2.44. The van der Waals surface area contributed by atoms with E-state index in [-0.39, 0.29) is 17.7 Å². The number of hydrogen-bond donors (Lipinski definition) is 1. The quantitative estimate of drug-likeness (QED) is 0.783. The van der Waals surface area contributed by atoms with Crippen molar-refractivity contribution in [3.8, 4) is 0 Å². The Hall–Kier alpha value is -0.610. The van der Waals surface area contributed by atoms with E-state index in [0.717, 1.165) is 25.8 Å². The van der Waals surface area contributed by atoms with Gasteiger partial charge in [-0.25, -0.2) is 0 Å². The van der Waals surface area contributed by atoms with E-state index in [1.54, 1.807) is 0 Å². The van der Waals surface area contributed by atoms with Gasteiger partial charge in [0.2, 0.25) is 5.91 Å². The zero-order chi connectivity index (χ0) is 15.6. The molecule has 1 amide bonds. The van der Waals surface area contributed by atoms with E-state index in [0.29, 0.717) is 11.8 Å². The molecular weight excluding hydrogens is 262 g/mol. The first-order chi connectivity index (χ1) is 9.91. The van der Waals surface area contributed by atoms with Crippen LogP contribution in [0.1, 0.15) is 59.3 Å². The largest absolute Gasteiger partial charge is 0.324 e. The summed E-state index contributed by atoms with van der Waals surface area (Å²) in [7, 11) is 4.32. The molecule has 1 aliphatic carbocycles. The second-order valence-electron chi connectivity index (χ2n) is 7.49. The van der Waals surface area contributed by atoms with Crippen molar-refractivity contribution in [2.75, 3.05) is 20.6 Å². The second-order valence-corrected chi connectivity index (χ2v) is 7.49. The molecule has 2 unspecified atom stereocenters. The highest BCUT2D eigenvalue weighted by Gasteiger charge is 2.47. The van der Waals surface area contributed by atoms with Crippen LogP contribution in [0.2, 0.25) is 0 Å². The van der Waals surface area contributed by atoms with Crippen LogP contribution in [0.25, 0.3) is 0 Å². The maximum absolute atomic E-state index is 12.8. The van der Waals surface area contributed by atoms with E-state index in [4.69, 9.17) is 0 Å². The van der Waals surface area contributed by atoms with Gasteiger partial charge in [-0.05, 0) is 45.7 Å². The van der Waals surface area contributed by atoms with E-state index < -0.39 is 0 Å². The molecule has 122 valence electrons. The van der Waals surface area contributed by atoms with Crippen molar-refractivity contribution >= 4 is 5.91 Å². The highest BCUT2D eigenvalue weighted by atomic mass is 16.2. The van der Waals surface area contributed by atoms with E-state index in [1.807, 2.05) is 0 Å². The van der Waals surface area contributed by atoms with Gasteiger partial charge < -0.3 is 9.80 Å². The number of unbranched alkanes of at least 4 members (excludes halogenated alkanes) is 1. The highest BCUT2D eigenvalue weighted by Crippen LogP contribution is 2.38. The van der Waals surface area contributed by atoms with Crippen LogP contribution in [-0.4, -0.2) is 54.1 Å². The Kier molecular flexibility index (Phi) is 5.31. The first-order valence-corrected chi connectivity index (χ1v) is 8.65. The SMILES string of the molecule is CCCCC1NC(C(C)C)N(CC2(N(C)C)CCC2)C1=O. The molecule has 0 spiro atoms. The zero-order valence-electron chi connectivity index (χ0n) is 14.5. The van der Waals surface area contributed by atoms with E-state index in [1.165, 1.54) is 19.3 Å². The molecule has 2 aliphatic rings. The Morgan fingerprint density at radius 2 is 2.05 bits per heavy atom. The number of carbonyl (C=O) groups is 1. The molecule has 4 heteroatoms. The number of rotatable bonds is 7. The topological polar surface area (TPSA) is 35.6 Å². The lowest BCUT2D eigenvalue weighted by atomic mass is 9.75. The number of amides is 1. The fourth-order valence-electron chi connectivity index (χ4n) is 3.70. The molecule has 2 atom stereocenters. The van der Waals surface area contributed by atoms with Crippen molar-refractivity contribution in [3.63, 3.8) is 0 Å². The number of carbonyl (C=O) groups excluding carboxylic acids is 1. The first-order valence-electron chi connectivity index (χ1n) is 8.65. The second kappa shape index (κ2) is 6.66. The minimum atomic E-state index is 0.0386. The van der Waals surface area contributed by atoms with Crippen molar-refractivity contribution in [3.05, 3.63) is 0 Å². The number of hydrogen-bond acceptors (Lipinski definition) is 3. The van der Waals surface area contributed by atoms with Gasteiger partial charge in [0.25, 0.3) is 0 Å². The van der Waals surface area contributed by atoms with Crippen molar-refractivity contribution < 1.29 is 4.79 Å². The van der Waals surface area contributed by atoms with Crippen LogP contribution in [-0.2, 0) is 4.79 Å². The molecule has 1 heterocycles. The third kappa shape index (κ3) is 3.26. The molecule has 21 heavy (non-hydrogen) atoms. The summed E-state index contributed by atoms with van der Waals surface area (Å²) in [6.45, 7) is 7.50. The van der Waals surface area contributed by atoms with Gasteiger partial charge >= 0.3 is 0 Å². The van der Waals surface area contributed by atoms with Gasteiger partial charge in [0.1, 0.15) is 0 Å². The predicted molar refractivity (Wildman–Crippen MR) is 87.1 cm³/mol. The zero-order valence-corrected chi connectivity index (χ0v) is 14.5. The van der Waals surface area contributed by atoms with E-state index in [9.17, 15) is 4.79 Å². The van der Waals surface area contributed by atoms with E-state index in [2.05, 4.69) is 50.0 Å². The van der Waals surface area contributed by atoms with Crippen LogP contribution in [0.15, 0.2) is 0 Å². The van der Waals surface area contributed by atoms with Gasteiger partial charge in [-0.2, -0.15) is 0 Å². The molecule has 0 aromatic rings. The molecule has 1 N–H and O–H groups in total. The molecule has 4 nitrogen and oxygen atoms in total. The molecule has 1 saturated heterocycles. The van der Waals surface area contributed by atoms with E-state index >= 15 is 0 Å². The van der Waals surface area contributed by atoms with Gasteiger partial charge in [-0.1, -0.05) is 33.6 Å². The van der Waals surface area contributed by atoms with Crippen molar-refractivity contribution in [1.29, 1.82) is 0 Å². The number of nitrogens with zero attached hydrogens (tertiary/aromatic N) is 2. The van der Waals surface area contributed by atoms with Crippen molar-refractivity contribution in [2.45, 2.75) is 77.0 Å². The van der Waals surface area contributed by atoms with Gasteiger partial charge in [0, 0.05) is 12.1 Å². The Balaban J connectivity index is 2.09. The van der Waals surface area contributed by atoms with Crippen LogP contribution in [0.3, 0.4) is 0 Å². The summed E-state index contributed by atoms with van der Waals surface area (Å²) in [5.41, 5.74) is 0.212. The van der Waals surface area contributed by atoms with Gasteiger partial charge in [-0.15, -0.1) is 0 Å². The average Bonchev–Trinajstić information content (AvgIpc) is 2.68. The summed E-state index contributed by atoms with van der Waals surface area (Å²) >= 11 is 0. The minimum Gasteiger partial charge on any atom is -0.324 e. The number of likely N-dealkylation sites (N-methyl/N-ethyl adjacent to an activating group) is 1. The van der Waals surface area contributed by atoms with Crippen LogP contribution < -0.4 is 5.32 Å². The lowest BCUT2D eigenvalue weighted by Crippen LogP contribution is -2.59. The average molecular weight is 295 g/mol. The van der Waals surface area contributed by atoms with Gasteiger partial charge in [-0.3, -0.25) is 10.1 Å². The van der Waals surface area contributed by atoms with Crippen molar-refractivity contribution in [1.82, 2.24) is 15.1 Å². The third-order valence-electron chi connectivity index (χ3n) is 5.46. The monoisotopic (exact) mass is 295 g/mol. The molecule has 2 rings (SSSR count). The summed E-state index contributed by atoms with van der Waals surface area (Å²) in [5, 5.41) is 3.59. The summed E-state index contributed by atoms with van der Waals surface area (Å²) in [6.07, 6.45) is 7.18. The third-order valence-corrected chi connectivity index (χ3v) is 5.46. The van der Waals surface area contributed by atoms with Gasteiger partial charge in [0.05, 0.1) is 12.2 Å². The molecule has 0 aromatic heterocycles. The molecule has 0 radical (unpaired) electrons. The van der Waals surface area contributed by atoms with Crippen LogP contribution in [0, 0.1) is 5.92 Å². The number of nitrogens with one attached hydrogen (secondary N) is 1. The van der Waals surface area contributed by atoms with Gasteiger partial charge in [0.15, 0.2) is 0 Å². The standard InChI is InChI=1S/C17H33N3O/c1-6-7-9-14-16(21)20(15(18-14)13(2)3)12-17(19(4)5)10-8-11-17/h13-15,18H,6-12H2,1-5H3. The Morgan fingerprint density at radius 1 is 1.38 bits per heavy atom. The normalized spacial score (nSPS) is 28.5. The minimum absolute atomic E-state index is 0.0386. The molecule has 0 aromatic carbocycles. The smallest absolute Gasteiger partial charge is 0.241 e. The Morgan fingerprint density at radius 3 is 2.48 bits per heavy atom. The summed E-state index contributed by atoms with van der Waals surface area (Å²) in [6, 6.07) is 0.0386. The molecule has 2 fully saturated rings. The highest BCUT2D eigenvalue weighted by molar-refractivity contribution is 5.84. The lowest BCUT2D eigenvalue weighted by molar-refractivity contribution is -0.133. The summed E-state index contributed by atoms with van der Waals surface area (Å²) in [4.78, 5) is 17.3. The van der Waals surface area contributed by atoms with Crippen LogP contribution in [0.5, 0.6) is 0 Å². The Bertz CT molecular complexity index is 363. The van der Waals surface area contributed by atoms with Crippen LogP contribution >= 0.6 is 0 Å². The fraction of sp³-hybridized carbons (Fsp3) is 0.941.